The lowest BCUT2D eigenvalue weighted by atomic mass is 9.80. The topological polar surface area (TPSA) is 71.0 Å². The van der Waals surface area contributed by atoms with E-state index in [0.29, 0.717) is 5.84 Å². The second-order valence-electron chi connectivity index (χ2n) is 4.64. The highest BCUT2D eigenvalue weighted by atomic mass is 16.4. The maximum atomic E-state index is 8.84. The summed E-state index contributed by atoms with van der Waals surface area (Å²) in [5.41, 5.74) is 7.12. The standard InChI is InChI=1S/C13H15N3O/c14-13(16-17)10-6-3-5-9-8-4-1-2-7-11(8)15-12(9)10/h1-2,4,7,10,12,17H,3,5-6H2,(H2,14,16)/t10-,12-/m1/s1. The van der Waals surface area contributed by atoms with E-state index >= 15 is 0 Å². The van der Waals surface area contributed by atoms with Crippen LogP contribution in [-0.2, 0) is 0 Å². The van der Waals surface area contributed by atoms with Crippen molar-refractivity contribution >= 4 is 11.4 Å². The molecule has 0 radical (unpaired) electrons. The number of hydrogen-bond donors (Lipinski definition) is 2. The van der Waals surface area contributed by atoms with E-state index in [-0.39, 0.29) is 12.0 Å². The van der Waals surface area contributed by atoms with Crippen LogP contribution in [0.4, 0.5) is 0 Å². The molecule has 0 spiro atoms. The van der Waals surface area contributed by atoms with Gasteiger partial charge < -0.3 is 10.9 Å². The fraction of sp³-hybridized carbons (Fsp3) is 0.385. The highest BCUT2D eigenvalue weighted by molar-refractivity contribution is 5.85. The molecule has 88 valence electrons. The first-order valence-corrected chi connectivity index (χ1v) is 5.94. The molecule has 1 saturated carbocycles. The number of hydrogen-bond acceptors (Lipinski definition) is 3. The second-order valence-corrected chi connectivity index (χ2v) is 4.64. The van der Waals surface area contributed by atoms with Crippen LogP contribution < -0.4 is 16.3 Å². The Hall–Kier alpha value is -1.84. The van der Waals surface area contributed by atoms with Crippen LogP contribution in [0.1, 0.15) is 19.3 Å². The van der Waals surface area contributed by atoms with Crippen molar-refractivity contribution in [3.63, 3.8) is 0 Å². The molecule has 3 rings (SSSR count). The summed E-state index contributed by atoms with van der Waals surface area (Å²) in [4.78, 5) is 4.72. The number of oxime groups is 1. The summed E-state index contributed by atoms with van der Waals surface area (Å²) in [6.45, 7) is 0. The fourth-order valence-electron chi connectivity index (χ4n) is 2.91. The largest absolute Gasteiger partial charge is 0.409 e. The zero-order valence-corrected chi connectivity index (χ0v) is 9.50. The first kappa shape index (κ1) is 10.3. The van der Waals surface area contributed by atoms with Crippen molar-refractivity contribution in [3.8, 4) is 0 Å². The lowest BCUT2D eigenvalue weighted by Gasteiger charge is -2.28. The maximum Gasteiger partial charge on any atom is 0.144 e. The normalized spacial score (nSPS) is 27.3. The number of nitrogens with zero attached hydrogens (tertiary/aromatic N) is 2. The number of para-hydroxylation sites is 1. The van der Waals surface area contributed by atoms with Crippen molar-refractivity contribution in [2.45, 2.75) is 25.3 Å². The number of fused-ring (bicyclic) bond motifs is 2. The molecule has 3 N–H and O–H groups in total. The van der Waals surface area contributed by atoms with E-state index in [1.807, 2.05) is 18.2 Å². The van der Waals surface area contributed by atoms with E-state index < -0.39 is 0 Å². The van der Waals surface area contributed by atoms with Crippen LogP contribution in [0.5, 0.6) is 0 Å². The molecule has 0 amide bonds. The van der Waals surface area contributed by atoms with Gasteiger partial charge in [0, 0.05) is 11.1 Å². The van der Waals surface area contributed by atoms with Gasteiger partial charge in [0.25, 0.3) is 0 Å². The average molecular weight is 229 g/mol. The molecule has 0 unspecified atom stereocenters. The molecule has 17 heavy (non-hydrogen) atoms. The third kappa shape index (κ3) is 1.52. The van der Waals surface area contributed by atoms with E-state index in [0.717, 1.165) is 24.6 Å². The maximum absolute atomic E-state index is 8.84. The summed E-state index contributed by atoms with van der Waals surface area (Å²) in [6.07, 6.45) is 3.10. The van der Waals surface area contributed by atoms with Crippen molar-refractivity contribution in [1.82, 2.24) is 0 Å². The van der Waals surface area contributed by atoms with Gasteiger partial charge in [-0.15, -0.1) is 0 Å². The number of amidine groups is 1. The smallest absolute Gasteiger partial charge is 0.144 e. The number of nitrogens with two attached hydrogens (primary N) is 1. The Morgan fingerprint density at radius 1 is 1.41 bits per heavy atom. The lowest BCUT2D eigenvalue weighted by molar-refractivity contribution is 0.311. The molecule has 4 heteroatoms. The van der Waals surface area contributed by atoms with Gasteiger partial charge in [0.05, 0.1) is 11.4 Å². The summed E-state index contributed by atoms with van der Waals surface area (Å²) >= 11 is 0. The summed E-state index contributed by atoms with van der Waals surface area (Å²) < 4.78 is 0. The highest BCUT2D eigenvalue weighted by Crippen LogP contribution is 2.32. The molecule has 2 atom stereocenters. The minimum absolute atomic E-state index is 0.0520. The Labute approximate surface area is 99.2 Å². The van der Waals surface area contributed by atoms with Crippen molar-refractivity contribution in [2.75, 3.05) is 0 Å². The van der Waals surface area contributed by atoms with Gasteiger partial charge in [0.2, 0.25) is 0 Å². The van der Waals surface area contributed by atoms with Gasteiger partial charge in [0.15, 0.2) is 0 Å². The first-order valence-electron chi connectivity index (χ1n) is 5.94. The summed E-state index contributed by atoms with van der Waals surface area (Å²) in [5, 5.41) is 14.3. The molecule has 1 heterocycles. The van der Waals surface area contributed by atoms with E-state index in [4.69, 9.17) is 15.9 Å². The van der Waals surface area contributed by atoms with Crippen molar-refractivity contribution < 1.29 is 5.21 Å². The second kappa shape index (κ2) is 3.87. The molecule has 0 aromatic heterocycles. The average Bonchev–Trinajstić information content (AvgIpc) is 2.76. The molecule has 1 fully saturated rings. The molecular formula is C13H15N3O. The van der Waals surface area contributed by atoms with E-state index in [9.17, 15) is 0 Å². The van der Waals surface area contributed by atoms with E-state index in [2.05, 4.69) is 11.2 Å². The van der Waals surface area contributed by atoms with Crippen molar-refractivity contribution in [2.24, 2.45) is 21.8 Å². The first-order chi connectivity index (χ1) is 8.31. The summed E-state index contributed by atoms with van der Waals surface area (Å²) in [7, 11) is 0. The van der Waals surface area contributed by atoms with Gasteiger partial charge in [-0.3, -0.25) is 4.99 Å². The van der Waals surface area contributed by atoms with Gasteiger partial charge in [0.1, 0.15) is 5.84 Å². The Bertz CT molecular complexity index is 591. The predicted molar refractivity (Wildman–Crippen MR) is 65.2 cm³/mol. The van der Waals surface area contributed by atoms with Crippen LogP contribution >= 0.6 is 0 Å². The Kier molecular flexibility index (Phi) is 2.35. The minimum atomic E-state index is 0.0520. The summed E-state index contributed by atoms with van der Waals surface area (Å²) in [6, 6.07) is 8.26. The molecule has 1 aromatic rings. The molecule has 1 aromatic carbocycles. The molecular weight excluding hydrogens is 214 g/mol. The van der Waals surface area contributed by atoms with Gasteiger partial charge in [-0.2, -0.15) is 0 Å². The Morgan fingerprint density at radius 2 is 2.24 bits per heavy atom. The van der Waals surface area contributed by atoms with Crippen LogP contribution in [0.15, 0.2) is 34.4 Å². The lowest BCUT2D eigenvalue weighted by Crippen LogP contribution is -2.36. The third-order valence-electron chi connectivity index (χ3n) is 3.72. The van der Waals surface area contributed by atoms with Crippen molar-refractivity contribution in [3.05, 3.63) is 34.8 Å². The molecule has 1 aliphatic heterocycles. The molecule has 4 nitrogen and oxygen atoms in total. The number of rotatable bonds is 1. The van der Waals surface area contributed by atoms with Crippen LogP contribution in [0.25, 0.3) is 5.57 Å². The van der Waals surface area contributed by atoms with Gasteiger partial charge >= 0.3 is 0 Å². The molecule has 0 saturated heterocycles. The zero-order valence-electron chi connectivity index (χ0n) is 9.50. The minimum Gasteiger partial charge on any atom is -0.409 e. The third-order valence-corrected chi connectivity index (χ3v) is 3.72. The summed E-state index contributed by atoms with van der Waals surface area (Å²) in [5.74, 6) is 0.361. The Balaban J connectivity index is 2.13. The van der Waals surface area contributed by atoms with Gasteiger partial charge in [-0.1, -0.05) is 23.4 Å². The zero-order chi connectivity index (χ0) is 11.8. The quantitative estimate of drug-likeness (QED) is 0.316. The molecule has 0 bridgehead atoms. The van der Waals surface area contributed by atoms with Crippen molar-refractivity contribution in [1.29, 1.82) is 0 Å². The predicted octanol–water partition coefficient (Wildman–Crippen LogP) is 0.386. The van der Waals surface area contributed by atoms with Crippen LogP contribution in [0, 0.1) is 5.92 Å². The van der Waals surface area contributed by atoms with Gasteiger partial charge in [-0.25, -0.2) is 0 Å². The molecule has 1 aliphatic carbocycles. The Morgan fingerprint density at radius 3 is 3.06 bits per heavy atom. The van der Waals surface area contributed by atoms with Crippen LogP contribution in [-0.4, -0.2) is 17.1 Å². The highest BCUT2D eigenvalue weighted by Gasteiger charge is 2.34. The molecule has 2 aliphatic rings. The van der Waals surface area contributed by atoms with Gasteiger partial charge in [-0.05, 0) is 30.9 Å². The fourth-order valence-corrected chi connectivity index (χ4v) is 2.91. The SMILES string of the molecule is N/C(=N\O)[C@@H]1CCCC2=c3ccccc3=N[C@H]21. The van der Waals surface area contributed by atoms with Crippen LogP contribution in [0.2, 0.25) is 0 Å². The monoisotopic (exact) mass is 229 g/mol. The van der Waals surface area contributed by atoms with E-state index in [1.165, 1.54) is 10.8 Å². The van der Waals surface area contributed by atoms with E-state index in [1.54, 1.807) is 0 Å². The number of benzene rings is 1. The van der Waals surface area contributed by atoms with Crippen LogP contribution in [0.3, 0.4) is 0 Å².